The van der Waals surface area contributed by atoms with Gasteiger partial charge in [-0.1, -0.05) is 44.2 Å². The number of hydrogen-bond acceptors (Lipinski definition) is 1. The third kappa shape index (κ3) is 1.90. The Kier molecular flexibility index (Phi) is 2.98. The van der Waals surface area contributed by atoms with Gasteiger partial charge in [-0.3, -0.25) is 4.79 Å². The Morgan fingerprint density at radius 2 is 1.79 bits per heavy atom. The zero-order valence-electron chi connectivity index (χ0n) is 11.5. The number of hydrogen-bond donors (Lipinski definition) is 0. The van der Waals surface area contributed by atoms with Crippen molar-refractivity contribution in [2.75, 3.05) is 0 Å². The smallest absolute Gasteiger partial charge is 0.167 e. The van der Waals surface area contributed by atoms with E-state index in [2.05, 4.69) is 50.2 Å². The molecule has 0 bridgehead atoms. The van der Waals surface area contributed by atoms with E-state index in [1.165, 1.54) is 22.3 Å². The van der Waals surface area contributed by atoms with Gasteiger partial charge in [-0.25, -0.2) is 0 Å². The van der Waals surface area contributed by atoms with E-state index in [1.54, 1.807) is 0 Å². The fourth-order valence-electron chi connectivity index (χ4n) is 2.96. The molecular weight excluding hydrogens is 232 g/mol. The van der Waals surface area contributed by atoms with E-state index < -0.39 is 0 Å². The van der Waals surface area contributed by atoms with Gasteiger partial charge in [-0.05, 0) is 46.7 Å². The summed E-state index contributed by atoms with van der Waals surface area (Å²) in [4.78, 5) is 12.4. The lowest BCUT2D eigenvalue weighted by molar-refractivity contribution is 0.0991. The van der Waals surface area contributed by atoms with Crippen LogP contribution in [0.5, 0.6) is 0 Å². The monoisotopic (exact) mass is 250 g/mol. The van der Waals surface area contributed by atoms with E-state index in [9.17, 15) is 4.79 Å². The molecule has 0 heterocycles. The summed E-state index contributed by atoms with van der Waals surface area (Å²) in [5.41, 5.74) is 7.03. The van der Waals surface area contributed by atoms with Crippen molar-refractivity contribution in [3.05, 3.63) is 58.7 Å². The molecule has 19 heavy (non-hydrogen) atoms. The molecule has 1 aliphatic rings. The number of rotatable bonds is 2. The van der Waals surface area contributed by atoms with Crippen molar-refractivity contribution in [2.24, 2.45) is 0 Å². The molecular formula is C18H18O. The minimum absolute atomic E-state index is 0.263. The van der Waals surface area contributed by atoms with Crippen molar-refractivity contribution in [1.29, 1.82) is 0 Å². The van der Waals surface area contributed by atoms with Crippen LogP contribution in [-0.2, 0) is 19.3 Å². The number of ketones is 1. The Hall–Kier alpha value is -1.89. The second-order valence-electron chi connectivity index (χ2n) is 5.13. The standard InChI is InChI=1S/C18H18O/c1-3-12-8-9-15-14-7-5-6-13(4-2)16(14)11-18(19)17(15)10-12/h5-10H,3-4,11H2,1-2H3. The SMILES string of the molecule is CCc1ccc2c(c1)C(=O)Cc1c(CC)cccc1-2. The molecule has 2 aromatic carbocycles. The van der Waals surface area contributed by atoms with Gasteiger partial charge in [0.1, 0.15) is 0 Å². The first kappa shape index (κ1) is 12.2. The summed E-state index contributed by atoms with van der Waals surface area (Å²) in [6.45, 7) is 4.27. The third-order valence-electron chi connectivity index (χ3n) is 4.07. The molecule has 0 amide bonds. The highest BCUT2D eigenvalue weighted by molar-refractivity contribution is 6.07. The van der Waals surface area contributed by atoms with Crippen LogP contribution >= 0.6 is 0 Å². The van der Waals surface area contributed by atoms with Gasteiger partial charge in [0, 0.05) is 12.0 Å². The second kappa shape index (κ2) is 4.65. The Bertz CT molecular complexity index is 653. The van der Waals surface area contributed by atoms with E-state index in [1.807, 2.05) is 0 Å². The molecule has 0 saturated carbocycles. The molecule has 1 heteroatoms. The van der Waals surface area contributed by atoms with E-state index in [0.29, 0.717) is 6.42 Å². The minimum atomic E-state index is 0.263. The van der Waals surface area contributed by atoms with E-state index in [4.69, 9.17) is 0 Å². The van der Waals surface area contributed by atoms with Gasteiger partial charge in [0.05, 0.1) is 0 Å². The largest absolute Gasteiger partial charge is 0.294 e. The van der Waals surface area contributed by atoms with Crippen LogP contribution in [0.2, 0.25) is 0 Å². The molecule has 3 rings (SSSR count). The molecule has 0 aliphatic heterocycles. The van der Waals surface area contributed by atoms with Crippen molar-refractivity contribution in [2.45, 2.75) is 33.1 Å². The fraction of sp³-hybridized carbons (Fsp3) is 0.278. The van der Waals surface area contributed by atoms with Crippen LogP contribution < -0.4 is 0 Å². The average molecular weight is 250 g/mol. The van der Waals surface area contributed by atoms with Crippen LogP contribution in [0, 0.1) is 0 Å². The molecule has 0 N–H and O–H groups in total. The summed E-state index contributed by atoms with van der Waals surface area (Å²) in [5, 5.41) is 0. The molecule has 0 aromatic heterocycles. The topological polar surface area (TPSA) is 17.1 Å². The molecule has 0 spiro atoms. The van der Waals surface area contributed by atoms with Crippen molar-refractivity contribution >= 4 is 5.78 Å². The van der Waals surface area contributed by atoms with Gasteiger partial charge in [-0.2, -0.15) is 0 Å². The van der Waals surface area contributed by atoms with Crippen LogP contribution in [0.3, 0.4) is 0 Å². The first-order valence-corrected chi connectivity index (χ1v) is 7.01. The second-order valence-corrected chi connectivity index (χ2v) is 5.13. The van der Waals surface area contributed by atoms with Gasteiger partial charge in [0.15, 0.2) is 5.78 Å². The van der Waals surface area contributed by atoms with Gasteiger partial charge >= 0.3 is 0 Å². The van der Waals surface area contributed by atoms with Gasteiger partial charge in [0.25, 0.3) is 0 Å². The van der Waals surface area contributed by atoms with Crippen molar-refractivity contribution in [3.63, 3.8) is 0 Å². The number of fused-ring (bicyclic) bond motifs is 3. The molecule has 0 saturated heterocycles. The number of benzene rings is 2. The molecule has 2 aromatic rings. The molecule has 0 fully saturated rings. The predicted octanol–water partition coefficient (Wildman–Crippen LogP) is 4.22. The van der Waals surface area contributed by atoms with Gasteiger partial charge in [-0.15, -0.1) is 0 Å². The van der Waals surface area contributed by atoms with Crippen LogP contribution in [-0.4, -0.2) is 5.78 Å². The fourth-order valence-corrected chi connectivity index (χ4v) is 2.96. The maximum absolute atomic E-state index is 12.4. The van der Waals surface area contributed by atoms with Crippen molar-refractivity contribution in [1.82, 2.24) is 0 Å². The number of aryl methyl sites for hydroxylation is 2. The number of Topliss-reactive ketones (excluding diaryl/α,β-unsaturated/α-hetero) is 1. The Balaban J connectivity index is 2.25. The molecule has 0 atom stereocenters. The summed E-state index contributed by atoms with van der Waals surface area (Å²) >= 11 is 0. The zero-order chi connectivity index (χ0) is 13.4. The highest BCUT2D eigenvalue weighted by atomic mass is 16.1. The quantitative estimate of drug-likeness (QED) is 0.780. The minimum Gasteiger partial charge on any atom is -0.294 e. The zero-order valence-corrected chi connectivity index (χ0v) is 11.5. The number of carbonyl (C=O) groups excluding carboxylic acids is 1. The first-order valence-electron chi connectivity index (χ1n) is 7.01. The van der Waals surface area contributed by atoms with Crippen LogP contribution in [0.1, 0.15) is 40.9 Å². The molecule has 1 aliphatic carbocycles. The van der Waals surface area contributed by atoms with E-state index in [-0.39, 0.29) is 5.78 Å². The average Bonchev–Trinajstić information content (AvgIpc) is 2.46. The third-order valence-corrected chi connectivity index (χ3v) is 4.07. The predicted molar refractivity (Wildman–Crippen MR) is 78.7 cm³/mol. The summed E-state index contributed by atoms with van der Waals surface area (Å²) < 4.78 is 0. The maximum atomic E-state index is 12.4. The van der Waals surface area contributed by atoms with Gasteiger partial charge in [0.2, 0.25) is 0 Å². The Labute approximate surface area is 114 Å². The van der Waals surface area contributed by atoms with Gasteiger partial charge < -0.3 is 0 Å². The maximum Gasteiger partial charge on any atom is 0.167 e. The highest BCUT2D eigenvalue weighted by Crippen LogP contribution is 2.35. The summed E-state index contributed by atoms with van der Waals surface area (Å²) in [5.74, 6) is 0.263. The molecule has 0 unspecified atom stereocenters. The summed E-state index contributed by atoms with van der Waals surface area (Å²) in [6.07, 6.45) is 2.51. The highest BCUT2D eigenvalue weighted by Gasteiger charge is 2.23. The van der Waals surface area contributed by atoms with Crippen molar-refractivity contribution in [3.8, 4) is 11.1 Å². The summed E-state index contributed by atoms with van der Waals surface area (Å²) in [7, 11) is 0. The lowest BCUT2D eigenvalue weighted by Crippen LogP contribution is -2.14. The summed E-state index contributed by atoms with van der Waals surface area (Å²) in [6, 6.07) is 12.7. The lowest BCUT2D eigenvalue weighted by Gasteiger charge is -2.22. The van der Waals surface area contributed by atoms with Crippen molar-refractivity contribution < 1.29 is 4.79 Å². The Morgan fingerprint density at radius 1 is 0.947 bits per heavy atom. The molecule has 0 radical (unpaired) electrons. The Morgan fingerprint density at radius 3 is 2.53 bits per heavy atom. The van der Waals surface area contributed by atoms with Crippen LogP contribution in [0.4, 0.5) is 0 Å². The molecule has 1 nitrogen and oxygen atoms in total. The first-order chi connectivity index (χ1) is 9.24. The van der Waals surface area contributed by atoms with Crippen LogP contribution in [0.15, 0.2) is 36.4 Å². The van der Waals surface area contributed by atoms with E-state index >= 15 is 0 Å². The van der Waals surface area contributed by atoms with Crippen LogP contribution in [0.25, 0.3) is 11.1 Å². The van der Waals surface area contributed by atoms with E-state index in [0.717, 1.165) is 24.0 Å². The molecule has 96 valence electrons. The normalized spacial score (nSPS) is 13.1. The lowest BCUT2D eigenvalue weighted by atomic mass is 9.81. The number of carbonyl (C=O) groups is 1.